The second-order valence-corrected chi connectivity index (χ2v) is 4.32. The minimum Gasteiger partial charge on any atom is -0.495 e. The Labute approximate surface area is 122 Å². The van der Waals surface area contributed by atoms with Crippen LogP contribution in [0.3, 0.4) is 0 Å². The van der Waals surface area contributed by atoms with Crippen LogP contribution in [-0.4, -0.2) is 25.1 Å². The van der Waals surface area contributed by atoms with E-state index >= 15 is 0 Å². The fourth-order valence-electron chi connectivity index (χ4n) is 1.90. The zero-order valence-electron chi connectivity index (χ0n) is 11.9. The lowest BCUT2D eigenvalue weighted by molar-refractivity contribution is 0.0947. The summed E-state index contributed by atoms with van der Waals surface area (Å²) in [5.74, 6) is 0.651. The van der Waals surface area contributed by atoms with Gasteiger partial charge in [0.15, 0.2) is 0 Å². The molecule has 0 fully saturated rings. The molecule has 0 aliphatic carbocycles. The monoisotopic (exact) mass is 287 g/mol. The number of carbonyl (C=O) groups is 1. The number of carbonyl (C=O) groups excluding carboxylic acids is 1. The molecule has 0 unspecified atom stereocenters. The highest BCUT2D eigenvalue weighted by molar-refractivity contribution is 5.96. The number of benzene rings is 1. The molecule has 110 valence electrons. The first-order chi connectivity index (χ1) is 10.2. The molecule has 0 bridgehead atoms. The third-order valence-electron chi connectivity index (χ3n) is 2.96. The molecular formula is C15H17N3O3. The van der Waals surface area contributed by atoms with E-state index in [1.807, 2.05) is 6.07 Å². The second kappa shape index (κ2) is 6.60. The highest BCUT2D eigenvalue weighted by Gasteiger charge is 2.12. The van der Waals surface area contributed by atoms with Gasteiger partial charge in [0, 0.05) is 12.7 Å². The van der Waals surface area contributed by atoms with E-state index in [1.165, 1.54) is 7.11 Å². The molecule has 0 spiro atoms. The van der Waals surface area contributed by atoms with E-state index in [9.17, 15) is 4.79 Å². The van der Waals surface area contributed by atoms with E-state index in [-0.39, 0.29) is 5.91 Å². The first-order valence-corrected chi connectivity index (χ1v) is 6.35. The largest absolute Gasteiger partial charge is 0.495 e. The van der Waals surface area contributed by atoms with Gasteiger partial charge in [0.25, 0.3) is 5.91 Å². The summed E-state index contributed by atoms with van der Waals surface area (Å²) in [7, 11) is 3.03. The van der Waals surface area contributed by atoms with Crippen molar-refractivity contribution in [2.45, 2.75) is 6.54 Å². The quantitative estimate of drug-likeness (QED) is 0.816. The van der Waals surface area contributed by atoms with Crippen molar-refractivity contribution in [3.05, 3.63) is 47.7 Å². The van der Waals surface area contributed by atoms with Gasteiger partial charge in [-0.15, -0.1) is 0 Å². The van der Waals surface area contributed by atoms with Gasteiger partial charge in [-0.2, -0.15) is 0 Å². The number of aromatic nitrogens is 1. The summed E-state index contributed by atoms with van der Waals surface area (Å²) in [5.41, 5.74) is 7.63. The van der Waals surface area contributed by atoms with E-state index in [0.717, 1.165) is 5.56 Å². The summed E-state index contributed by atoms with van der Waals surface area (Å²) in [6.45, 7) is 0.352. The zero-order chi connectivity index (χ0) is 15.2. The van der Waals surface area contributed by atoms with Crippen LogP contribution in [0, 0.1) is 0 Å². The summed E-state index contributed by atoms with van der Waals surface area (Å²) in [5, 5.41) is 2.80. The van der Waals surface area contributed by atoms with Crippen molar-refractivity contribution in [2.24, 2.45) is 0 Å². The van der Waals surface area contributed by atoms with Crippen LogP contribution in [0.2, 0.25) is 0 Å². The van der Waals surface area contributed by atoms with Crippen LogP contribution in [0.5, 0.6) is 11.6 Å². The smallest absolute Gasteiger partial charge is 0.257 e. The SMILES string of the molecule is COc1ccc(CNC(=O)c2cccnc2OC)cc1N. The molecule has 21 heavy (non-hydrogen) atoms. The van der Waals surface area contributed by atoms with Crippen molar-refractivity contribution in [1.29, 1.82) is 0 Å². The molecular weight excluding hydrogens is 270 g/mol. The topological polar surface area (TPSA) is 86.5 Å². The molecule has 1 heterocycles. The van der Waals surface area contributed by atoms with Crippen LogP contribution in [0.15, 0.2) is 36.5 Å². The molecule has 1 aromatic carbocycles. The van der Waals surface area contributed by atoms with Crippen LogP contribution >= 0.6 is 0 Å². The normalized spacial score (nSPS) is 10.0. The van der Waals surface area contributed by atoms with Gasteiger partial charge in [-0.1, -0.05) is 6.07 Å². The summed E-state index contributed by atoms with van der Waals surface area (Å²) in [4.78, 5) is 16.1. The number of hydrogen-bond acceptors (Lipinski definition) is 5. The second-order valence-electron chi connectivity index (χ2n) is 4.32. The summed E-state index contributed by atoms with van der Waals surface area (Å²) < 4.78 is 10.1. The van der Waals surface area contributed by atoms with E-state index in [4.69, 9.17) is 15.2 Å². The molecule has 1 aromatic heterocycles. The van der Waals surface area contributed by atoms with Gasteiger partial charge in [-0.05, 0) is 29.8 Å². The highest BCUT2D eigenvalue weighted by Crippen LogP contribution is 2.22. The van der Waals surface area contributed by atoms with Gasteiger partial charge in [-0.25, -0.2) is 4.98 Å². The van der Waals surface area contributed by atoms with Gasteiger partial charge in [0.2, 0.25) is 5.88 Å². The molecule has 0 aliphatic heterocycles. The molecule has 0 saturated heterocycles. The van der Waals surface area contributed by atoms with Crippen LogP contribution in [0.25, 0.3) is 0 Å². The Morgan fingerprint density at radius 2 is 2.10 bits per heavy atom. The maximum Gasteiger partial charge on any atom is 0.257 e. The Bertz CT molecular complexity index is 644. The highest BCUT2D eigenvalue weighted by atomic mass is 16.5. The first kappa shape index (κ1) is 14.6. The number of rotatable bonds is 5. The van der Waals surface area contributed by atoms with E-state index < -0.39 is 0 Å². The summed E-state index contributed by atoms with van der Waals surface area (Å²) in [6.07, 6.45) is 1.57. The Hall–Kier alpha value is -2.76. The van der Waals surface area contributed by atoms with Gasteiger partial charge in [0.05, 0.1) is 19.9 Å². The average molecular weight is 287 g/mol. The van der Waals surface area contributed by atoms with E-state index in [1.54, 1.807) is 37.6 Å². The number of anilines is 1. The minimum atomic E-state index is -0.255. The predicted octanol–water partition coefficient (Wildman–Crippen LogP) is 1.61. The number of hydrogen-bond donors (Lipinski definition) is 2. The minimum absolute atomic E-state index is 0.255. The fraction of sp³-hybridized carbons (Fsp3) is 0.200. The molecule has 1 amide bonds. The summed E-state index contributed by atoms with van der Waals surface area (Å²) >= 11 is 0. The predicted molar refractivity (Wildman–Crippen MR) is 79.4 cm³/mol. The third kappa shape index (κ3) is 3.42. The van der Waals surface area contributed by atoms with Crippen LogP contribution in [0.4, 0.5) is 5.69 Å². The van der Waals surface area contributed by atoms with Crippen molar-refractivity contribution in [3.63, 3.8) is 0 Å². The molecule has 0 radical (unpaired) electrons. The molecule has 6 heteroatoms. The van der Waals surface area contributed by atoms with Crippen LogP contribution < -0.4 is 20.5 Å². The average Bonchev–Trinajstić information content (AvgIpc) is 2.52. The number of nitrogens with one attached hydrogen (secondary N) is 1. The summed E-state index contributed by atoms with van der Waals surface area (Å²) in [6, 6.07) is 8.71. The van der Waals surface area contributed by atoms with E-state index in [0.29, 0.717) is 29.4 Å². The Morgan fingerprint density at radius 3 is 2.76 bits per heavy atom. The Morgan fingerprint density at radius 1 is 1.29 bits per heavy atom. The van der Waals surface area contributed by atoms with Gasteiger partial charge < -0.3 is 20.5 Å². The lowest BCUT2D eigenvalue weighted by Gasteiger charge is -2.10. The number of ether oxygens (including phenoxy) is 2. The molecule has 0 aliphatic rings. The third-order valence-corrected chi connectivity index (χ3v) is 2.96. The van der Waals surface area contributed by atoms with Gasteiger partial charge in [-0.3, -0.25) is 4.79 Å². The number of pyridine rings is 1. The number of nitrogens with two attached hydrogens (primary N) is 1. The molecule has 6 nitrogen and oxygen atoms in total. The molecule has 0 saturated carbocycles. The standard InChI is InChI=1S/C15H17N3O3/c1-20-13-6-5-10(8-12(13)16)9-18-14(19)11-4-3-7-17-15(11)21-2/h3-8H,9,16H2,1-2H3,(H,18,19). The molecule has 3 N–H and O–H groups in total. The van der Waals surface area contributed by atoms with Crippen molar-refractivity contribution >= 4 is 11.6 Å². The van der Waals surface area contributed by atoms with Crippen molar-refractivity contribution in [1.82, 2.24) is 10.3 Å². The zero-order valence-corrected chi connectivity index (χ0v) is 11.9. The maximum absolute atomic E-state index is 12.1. The Kier molecular flexibility index (Phi) is 4.61. The lowest BCUT2D eigenvalue weighted by Crippen LogP contribution is -2.23. The van der Waals surface area contributed by atoms with E-state index in [2.05, 4.69) is 10.3 Å². The Balaban J connectivity index is 2.06. The maximum atomic E-state index is 12.1. The fourth-order valence-corrected chi connectivity index (χ4v) is 1.90. The number of amides is 1. The number of methoxy groups -OCH3 is 2. The van der Waals surface area contributed by atoms with Gasteiger partial charge >= 0.3 is 0 Å². The number of nitrogens with zero attached hydrogens (tertiary/aromatic N) is 1. The van der Waals surface area contributed by atoms with Crippen LogP contribution in [-0.2, 0) is 6.54 Å². The molecule has 0 atom stereocenters. The molecule has 2 rings (SSSR count). The number of nitrogen functional groups attached to an aromatic ring is 1. The molecule has 2 aromatic rings. The first-order valence-electron chi connectivity index (χ1n) is 6.35. The lowest BCUT2D eigenvalue weighted by atomic mass is 10.1. The van der Waals surface area contributed by atoms with Crippen molar-refractivity contribution < 1.29 is 14.3 Å². The van der Waals surface area contributed by atoms with Crippen LogP contribution in [0.1, 0.15) is 15.9 Å². The van der Waals surface area contributed by atoms with Gasteiger partial charge in [0.1, 0.15) is 11.3 Å². The van der Waals surface area contributed by atoms with Crippen molar-refractivity contribution in [2.75, 3.05) is 20.0 Å². The van der Waals surface area contributed by atoms with Crippen molar-refractivity contribution in [3.8, 4) is 11.6 Å².